The average molecular weight is 359 g/mol. The maximum Gasteiger partial charge on any atom is 0.259 e. The molecule has 2 amide bonds. The smallest absolute Gasteiger partial charge is 0.259 e. The molecule has 1 atom stereocenters. The number of pyridine rings is 1. The Morgan fingerprint density at radius 3 is 2.63 bits per heavy atom. The molecule has 1 aliphatic rings. The van der Waals surface area contributed by atoms with Crippen LogP contribution in [0.1, 0.15) is 23.0 Å². The minimum absolute atomic E-state index is 0.0795. The van der Waals surface area contributed by atoms with Gasteiger partial charge in [-0.05, 0) is 36.6 Å². The number of carbonyl (C=O) groups excluding carboxylic acids is 2. The summed E-state index contributed by atoms with van der Waals surface area (Å²) in [5, 5.41) is 1.95. The van der Waals surface area contributed by atoms with Gasteiger partial charge < -0.3 is 4.90 Å². The minimum atomic E-state index is -0.566. The third kappa shape index (κ3) is 2.95. The van der Waals surface area contributed by atoms with Crippen molar-refractivity contribution < 1.29 is 9.59 Å². The van der Waals surface area contributed by atoms with Gasteiger partial charge in [-0.1, -0.05) is 30.3 Å². The van der Waals surface area contributed by atoms with E-state index < -0.39 is 6.04 Å². The Hall–Kier alpha value is -3.21. The van der Waals surface area contributed by atoms with E-state index in [2.05, 4.69) is 4.98 Å². The Kier molecular flexibility index (Phi) is 4.36. The van der Waals surface area contributed by atoms with E-state index in [9.17, 15) is 9.59 Å². The molecular formula is C22H21N3O2. The zero-order valence-corrected chi connectivity index (χ0v) is 15.4. The first-order valence-corrected chi connectivity index (χ1v) is 9.08. The standard InChI is InChI=1S/C22H21N3O2/c1-15(21(26)24(2)14-12-17-9-3-4-13-23-17)25-19-11-6-8-16-7-5-10-18(20(16)19)22(25)27/h3-11,13,15H,12,14H2,1-2H3. The molecule has 5 nitrogen and oxygen atoms in total. The predicted molar refractivity (Wildman–Crippen MR) is 106 cm³/mol. The molecule has 0 bridgehead atoms. The van der Waals surface area contributed by atoms with Crippen molar-refractivity contribution in [1.29, 1.82) is 0 Å². The van der Waals surface area contributed by atoms with Crippen LogP contribution in [-0.4, -0.2) is 41.3 Å². The molecule has 1 unspecified atom stereocenters. The van der Waals surface area contributed by atoms with Crippen LogP contribution < -0.4 is 4.90 Å². The molecule has 1 aromatic heterocycles. The Balaban J connectivity index is 1.54. The Bertz CT molecular complexity index is 1010. The van der Waals surface area contributed by atoms with Crippen molar-refractivity contribution in [3.8, 4) is 0 Å². The molecule has 0 saturated carbocycles. The van der Waals surface area contributed by atoms with Gasteiger partial charge in [0.05, 0.1) is 5.69 Å². The minimum Gasteiger partial charge on any atom is -0.344 e. The molecule has 2 heterocycles. The molecule has 2 aromatic carbocycles. The Morgan fingerprint density at radius 1 is 1.11 bits per heavy atom. The van der Waals surface area contributed by atoms with Crippen molar-refractivity contribution in [1.82, 2.24) is 9.88 Å². The first kappa shape index (κ1) is 17.2. The number of rotatable bonds is 5. The summed E-state index contributed by atoms with van der Waals surface area (Å²) < 4.78 is 0. The molecule has 27 heavy (non-hydrogen) atoms. The second-order valence-electron chi connectivity index (χ2n) is 6.86. The van der Waals surface area contributed by atoms with E-state index in [-0.39, 0.29) is 11.8 Å². The molecule has 0 aliphatic carbocycles. The second kappa shape index (κ2) is 6.83. The van der Waals surface area contributed by atoms with Crippen molar-refractivity contribution in [3.05, 3.63) is 72.1 Å². The van der Waals surface area contributed by atoms with Crippen molar-refractivity contribution in [2.45, 2.75) is 19.4 Å². The van der Waals surface area contributed by atoms with E-state index >= 15 is 0 Å². The third-order valence-corrected chi connectivity index (χ3v) is 5.14. The number of nitrogens with zero attached hydrogens (tertiary/aromatic N) is 3. The van der Waals surface area contributed by atoms with Gasteiger partial charge in [-0.2, -0.15) is 0 Å². The van der Waals surface area contributed by atoms with Gasteiger partial charge >= 0.3 is 0 Å². The highest BCUT2D eigenvalue weighted by atomic mass is 16.2. The molecule has 0 radical (unpaired) electrons. The maximum absolute atomic E-state index is 13.0. The van der Waals surface area contributed by atoms with Gasteiger partial charge in [-0.3, -0.25) is 19.5 Å². The van der Waals surface area contributed by atoms with Crippen LogP contribution in [0.4, 0.5) is 5.69 Å². The van der Waals surface area contributed by atoms with Crippen LogP contribution in [0.2, 0.25) is 0 Å². The summed E-state index contributed by atoms with van der Waals surface area (Å²) >= 11 is 0. The highest BCUT2D eigenvalue weighted by Crippen LogP contribution is 2.38. The number of hydrogen-bond acceptors (Lipinski definition) is 3. The van der Waals surface area contributed by atoms with Gasteiger partial charge in [0.15, 0.2) is 0 Å². The van der Waals surface area contributed by atoms with Crippen LogP contribution in [0.5, 0.6) is 0 Å². The van der Waals surface area contributed by atoms with Crippen molar-refractivity contribution in [2.75, 3.05) is 18.5 Å². The molecule has 0 saturated heterocycles. The van der Waals surface area contributed by atoms with Gasteiger partial charge in [-0.15, -0.1) is 0 Å². The van der Waals surface area contributed by atoms with Crippen LogP contribution in [0.15, 0.2) is 60.8 Å². The molecule has 0 N–H and O–H groups in total. The van der Waals surface area contributed by atoms with Crippen LogP contribution >= 0.6 is 0 Å². The lowest BCUT2D eigenvalue weighted by Gasteiger charge is -2.28. The summed E-state index contributed by atoms with van der Waals surface area (Å²) in [6.07, 6.45) is 2.43. The summed E-state index contributed by atoms with van der Waals surface area (Å²) in [5.41, 5.74) is 2.42. The highest BCUT2D eigenvalue weighted by Gasteiger charge is 2.36. The maximum atomic E-state index is 13.0. The third-order valence-electron chi connectivity index (χ3n) is 5.14. The topological polar surface area (TPSA) is 53.5 Å². The number of likely N-dealkylation sites (N-methyl/N-ethyl adjacent to an activating group) is 1. The second-order valence-corrected chi connectivity index (χ2v) is 6.86. The zero-order chi connectivity index (χ0) is 19.0. The normalized spacial score (nSPS) is 13.9. The number of benzene rings is 2. The van der Waals surface area contributed by atoms with Gasteiger partial charge in [0.25, 0.3) is 5.91 Å². The molecule has 1 aliphatic heterocycles. The first-order chi connectivity index (χ1) is 13.1. The molecule has 136 valence electrons. The molecule has 5 heteroatoms. The molecule has 0 spiro atoms. The molecule has 4 rings (SSSR count). The summed E-state index contributed by atoms with van der Waals surface area (Å²) in [5.74, 6) is -0.190. The van der Waals surface area contributed by atoms with E-state index in [4.69, 9.17) is 0 Å². The quantitative estimate of drug-likeness (QED) is 0.702. The summed E-state index contributed by atoms with van der Waals surface area (Å²) in [7, 11) is 1.77. The van der Waals surface area contributed by atoms with Gasteiger partial charge in [0, 0.05) is 42.9 Å². The fourth-order valence-corrected chi connectivity index (χ4v) is 3.69. The predicted octanol–water partition coefficient (Wildman–Crippen LogP) is 3.28. The number of carbonyl (C=O) groups is 2. The summed E-state index contributed by atoms with van der Waals surface area (Å²) in [6, 6.07) is 16.7. The van der Waals surface area contributed by atoms with Crippen molar-refractivity contribution in [2.24, 2.45) is 0 Å². The summed E-state index contributed by atoms with van der Waals surface area (Å²) in [6.45, 7) is 2.35. The lowest BCUT2D eigenvalue weighted by molar-refractivity contribution is -0.130. The average Bonchev–Trinajstić information content (AvgIpc) is 3.00. The zero-order valence-electron chi connectivity index (χ0n) is 15.4. The SMILES string of the molecule is CC(C(=O)N(C)CCc1ccccn1)N1C(=O)c2cccc3cccc1c23. The fourth-order valence-electron chi connectivity index (χ4n) is 3.69. The van der Waals surface area contributed by atoms with E-state index in [0.29, 0.717) is 18.5 Å². The molecular weight excluding hydrogens is 338 g/mol. The van der Waals surface area contributed by atoms with Crippen molar-refractivity contribution in [3.63, 3.8) is 0 Å². The van der Waals surface area contributed by atoms with Gasteiger partial charge in [-0.25, -0.2) is 0 Å². The van der Waals surface area contributed by atoms with Gasteiger partial charge in [0.1, 0.15) is 6.04 Å². The van der Waals surface area contributed by atoms with Crippen LogP contribution in [-0.2, 0) is 11.2 Å². The van der Waals surface area contributed by atoms with Crippen LogP contribution in [0.3, 0.4) is 0 Å². The Labute approximate surface area is 158 Å². The van der Waals surface area contributed by atoms with Crippen molar-refractivity contribution >= 4 is 28.3 Å². The van der Waals surface area contributed by atoms with E-state index in [1.54, 1.807) is 30.0 Å². The van der Waals surface area contributed by atoms with E-state index in [1.165, 1.54) is 0 Å². The lowest BCUT2D eigenvalue weighted by atomic mass is 10.1. The monoisotopic (exact) mass is 359 g/mol. The highest BCUT2D eigenvalue weighted by molar-refractivity contribution is 6.26. The number of hydrogen-bond donors (Lipinski definition) is 0. The number of aromatic nitrogens is 1. The Morgan fingerprint density at radius 2 is 1.89 bits per heavy atom. The van der Waals surface area contributed by atoms with E-state index in [0.717, 1.165) is 22.2 Å². The summed E-state index contributed by atoms with van der Waals surface area (Å²) in [4.78, 5) is 33.5. The lowest BCUT2D eigenvalue weighted by Crippen LogP contribution is -2.47. The fraction of sp³-hybridized carbons (Fsp3) is 0.227. The van der Waals surface area contributed by atoms with Crippen LogP contribution in [0.25, 0.3) is 10.8 Å². The van der Waals surface area contributed by atoms with E-state index in [1.807, 2.05) is 54.6 Å². The first-order valence-electron chi connectivity index (χ1n) is 9.08. The molecule has 0 fully saturated rings. The number of anilines is 1. The molecule has 3 aromatic rings. The largest absolute Gasteiger partial charge is 0.344 e. The van der Waals surface area contributed by atoms with Crippen LogP contribution in [0, 0.1) is 0 Å². The number of amides is 2. The van der Waals surface area contributed by atoms with Gasteiger partial charge in [0.2, 0.25) is 5.91 Å².